The molecule has 0 radical (unpaired) electrons. The van der Waals surface area contributed by atoms with Crippen molar-refractivity contribution in [3.05, 3.63) is 105 Å². The number of hydrogen-bond donors (Lipinski definition) is 2. The van der Waals surface area contributed by atoms with Gasteiger partial charge < -0.3 is 19.4 Å². The van der Waals surface area contributed by atoms with Crippen molar-refractivity contribution < 1.29 is 14.3 Å². The van der Waals surface area contributed by atoms with E-state index in [1.807, 2.05) is 25.1 Å². The minimum Gasteiger partial charge on any atom is -0.454 e. The molecule has 0 spiro atoms. The Balaban J connectivity index is 1.46. The van der Waals surface area contributed by atoms with Crippen LogP contribution in [0.1, 0.15) is 27.0 Å². The second-order valence-corrected chi connectivity index (χ2v) is 8.76. The topological polar surface area (TPSA) is 124 Å². The van der Waals surface area contributed by atoms with Crippen molar-refractivity contribution in [2.75, 3.05) is 6.79 Å². The standard InChI is InChI=1S/C27H22N6O4/c1-16-4-3-9-32-24(16)31-25-20(27(32)35)11-19(23(28)33(25)14-18-5-2-8-29-12-18)26(34)30-13-17-6-7-21-22(10-17)37-15-36-21/h2-12,28H,13-15H2,1H3,(H,30,34). The van der Waals surface area contributed by atoms with Crippen LogP contribution in [-0.2, 0) is 13.1 Å². The van der Waals surface area contributed by atoms with Crippen molar-refractivity contribution in [1.82, 2.24) is 24.3 Å². The molecule has 37 heavy (non-hydrogen) atoms. The Hall–Kier alpha value is -4.99. The highest BCUT2D eigenvalue weighted by Gasteiger charge is 2.19. The van der Waals surface area contributed by atoms with Crippen molar-refractivity contribution in [2.24, 2.45) is 0 Å². The molecule has 0 saturated heterocycles. The minimum absolute atomic E-state index is 0.0515. The molecule has 1 aliphatic heterocycles. The predicted molar refractivity (Wildman–Crippen MR) is 135 cm³/mol. The highest BCUT2D eigenvalue weighted by atomic mass is 16.7. The number of aryl methyl sites for hydroxylation is 1. The first-order valence-corrected chi connectivity index (χ1v) is 11.7. The molecule has 10 nitrogen and oxygen atoms in total. The van der Waals surface area contributed by atoms with Crippen LogP contribution in [0.15, 0.2) is 71.9 Å². The summed E-state index contributed by atoms with van der Waals surface area (Å²) in [6.07, 6.45) is 5.00. The molecule has 4 aromatic heterocycles. The number of aromatic nitrogens is 4. The van der Waals surface area contributed by atoms with E-state index in [-0.39, 0.29) is 41.9 Å². The zero-order valence-corrected chi connectivity index (χ0v) is 19.9. The highest BCUT2D eigenvalue weighted by molar-refractivity contribution is 5.96. The summed E-state index contributed by atoms with van der Waals surface area (Å²) in [6.45, 7) is 2.47. The van der Waals surface area contributed by atoms with E-state index < -0.39 is 5.91 Å². The molecule has 0 aliphatic carbocycles. The summed E-state index contributed by atoms with van der Waals surface area (Å²) in [7, 11) is 0. The fourth-order valence-electron chi connectivity index (χ4n) is 4.43. The first kappa shape index (κ1) is 22.5. The largest absolute Gasteiger partial charge is 0.454 e. The summed E-state index contributed by atoms with van der Waals surface area (Å²) in [5.41, 5.74) is 3.00. The monoisotopic (exact) mass is 494 g/mol. The van der Waals surface area contributed by atoms with Crippen LogP contribution in [0, 0.1) is 12.3 Å². The zero-order valence-electron chi connectivity index (χ0n) is 19.9. The van der Waals surface area contributed by atoms with Gasteiger partial charge in [0.1, 0.15) is 16.8 Å². The van der Waals surface area contributed by atoms with Gasteiger partial charge in [-0.05, 0) is 53.9 Å². The summed E-state index contributed by atoms with van der Waals surface area (Å²) >= 11 is 0. The molecule has 0 fully saturated rings. The van der Waals surface area contributed by atoms with Gasteiger partial charge in [0.05, 0.1) is 17.5 Å². The SMILES string of the molecule is Cc1cccn2c(=O)c3cc(C(=O)NCc4ccc5c(c4)OCO5)c(=N)n(Cc4cccnc4)c3nc12. The van der Waals surface area contributed by atoms with Gasteiger partial charge >= 0.3 is 0 Å². The van der Waals surface area contributed by atoms with Crippen molar-refractivity contribution in [1.29, 1.82) is 5.41 Å². The van der Waals surface area contributed by atoms with Crippen LogP contribution in [0.4, 0.5) is 0 Å². The second-order valence-electron chi connectivity index (χ2n) is 8.76. The fourth-order valence-corrected chi connectivity index (χ4v) is 4.43. The smallest absolute Gasteiger partial charge is 0.267 e. The predicted octanol–water partition coefficient (Wildman–Crippen LogP) is 2.54. The van der Waals surface area contributed by atoms with E-state index in [2.05, 4.69) is 10.3 Å². The van der Waals surface area contributed by atoms with Gasteiger partial charge in [0.2, 0.25) is 6.79 Å². The van der Waals surface area contributed by atoms with Crippen LogP contribution in [0.2, 0.25) is 0 Å². The molecule has 10 heteroatoms. The summed E-state index contributed by atoms with van der Waals surface area (Å²) in [6, 6.07) is 14.2. The van der Waals surface area contributed by atoms with Crippen molar-refractivity contribution in [3.63, 3.8) is 0 Å². The molecule has 1 aromatic carbocycles. The quantitative estimate of drug-likeness (QED) is 0.362. The summed E-state index contributed by atoms with van der Waals surface area (Å²) in [5, 5.41) is 12.0. The van der Waals surface area contributed by atoms with Crippen molar-refractivity contribution >= 4 is 22.6 Å². The summed E-state index contributed by atoms with van der Waals surface area (Å²) in [4.78, 5) is 35.7. The average molecular weight is 495 g/mol. The average Bonchev–Trinajstić information content (AvgIpc) is 3.38. The zero-order chi connectivity index (χ0) is 25.5. The van der Waals surface area contributed by atoms with E-state index in [0.29, 0.717) is 22.8 Å². The summed E-state index contributed by atoms with van der Waals surface area (Å²) in [5.74, 6) is 0.803. The highest BCUT2D eigenvalue weighted by Crippen LogP contribution is 2.32. The van der Waals surface area contributed by atoms with Gasteiger partial charge in [-0.15, -0.1) is 0 Å². The number of nitrogens with zero attached hydrogens (tertiary/aromatic N) is 4. The first-order valence-electron chi connectivity index (χ1n) is 11.7. The van der Waals surface area contributed by atoms with Crippen LogP contribution in [0.5, 0.6) is 11.5 Å². The lowest BCUT2D eigenvalue weighted by atomic mass is 10.1. The second kappa shape index (κ2) is 8.90. The van der Waals surface area contributed by atoms with E-state index in [1.54, 1.807) is 47.4 Å². The fraction of sp³-hybridized carbons (Fsp3) is 0.148. The lowest BCUT2D eigenvalue weighted by Crippen LogP contribution is -2.35. The maximum Gasteiger partial charge on any atom is 0.267 e. The Labute approximate surface area is 210 Å². The van der Waals surface area contributed by atoms with Gasteiger partial charge in [-0.2, -0.15) is 0 Å². The molecule has 1 amide bonds. The molecule has 0 atom stereocenters. The van der Waals surface area contributed by atoms with Crippen molar-refractivity contribution in [3.8, 4) is 11.5 Å². The van der Waals surface area contributed by atoms with Crippen LogP contribution in [-0.4, -0.2) is 31.6 Å². The number of nitrogens with one attached hydrogen (secondary N) is 2. The molecule has 0 saturated carbocycles. The number of pyridine rings is 3. The third kappa shape index (κ3) is 3.98. The number of hydrogen-bond acceptors (Lipinski definition) is 7. The number of amides is 1. The van der Waals surface area contributed by atoms with Gasteiger partial charge in [-0.1, -0.05) is 18.2 Å². The first-order chi connectivity index (χ1) is 18.0. The van der Waals surface area contributed by atoms with E-state index in [9.17, 15) is 9.59 Å². The van der Waals surface area contributed by atoms with Crippen molar-refractivity contribution in [2.45, 2.75) is 20.0 Å². The van der Waals surface area contributed by atoms with Crippen LogP contribution >= 0.6 is 0 Å². The minimum atomic E-state index is -0.474. The van der Waals surface area contributed by atoms with Crippen LogP contribution in [0.25, 0.3) is 16.7 Å². The third-order valence-electron chi connectivity index (χ3n) is 6.33. The third-order valence-corrected chi connectivity index (χ3v) is 6.33. The molecule has 1 aliphatic rings. The normalized spacial score (nSPS) is 12.2. The number of fused-ring (bicyclic) bond motifs is 3. The number of carbonyl (C=O) groups excluding carboxylic acids is 1. The molecule has 5 heterocycles. The lowest BCUT2D eigenvalue weighted by Gasteiger charge is -2.15. The maximum absolute atomic E-state index is 13.5. The van der Waals surface area contributed by atoms with Gasteiger partial charge in [0.15, 0.2) is 11.5 Å². The van der Waals surface area contributed by atoms with E-state index in [1.165, 1.54) is 10.5 Å². The molecule has 184 valence electrons. The molecular formula is C27H22N6O4. The number of carbonyl (C=O) groups is 1. The Bertz CT molecular complexity index is 1810. The van der Waals surface area contributed by atoms with Gasteiger partial charge in [-0.25, -0.2) is 4.98 Å². The van der Waals surface area contributed by atoms with Crippen LogP contribution in [0.3, 0.4) is 0 Å². The van der Waals surface area contributed by atoms with Crippen LogP contribution < -0.4 is 25.8 Å². The molecule has 0 bridgehead atoms. The van der Waals surface area contributed by atoms with E-state index in [0.717, 1.165) is 16.7 Å². The molecule has 0 unspecified atom stereocenters. The Morgan fingerprint density at radius 1 is 1.08 bits per heavy atom. The molecule has 6 rings (SSSR count). The maximum atomic E-state index is 13.5. The Morgan fingerprint density at radius 2 is 1.95 bits per heavy atom. The number of rotatable bonds is 5. The summed E-state index contributed by atoms with van der Waals surface area (Å²) < 4.78 is 13.8. The number of benzene rings is 1. The lowest BCUT2D eigenvalue weighted by molar-refractivity contribution is 0.0948. The Morgan fingerprint density at radius 3 is 2.78 bits per heavy atom. The number of ether oxygens (including phenoxy) is 2. The molecule has 5 aromatic rings. The molecule has 2 N–H and O–H groups in total. The van der Waals surface area contributed by atoms with E-state index >= 15 is 0 Å². The Kier molecular flexibility index (Phi) is 5.41. The van der Waals surface area contributed by atoms with Gasteiger partial charge in [0, 0.05) is 25.1 Å². The van der Waals surface area contributed by atoms with Gasteiger partial charge in [0.25, 0.3) is 11.5 Å². The van der Waals surface area contributed by atoms with E-state index in [4.69, 9.17) is 19.9 Å². The van der Waals surface area contributed by atoms with Gasteiger partial charge in [-0.3, -0.25) is 24.4 Å². The molecular weight excluding hydrogens is 472 g/mol.